The van der Waals surface area contributed by atoms with Crippen molar-refractivity contribution in [1.82, 2.24) is 19.9 Å². The minimum atomic E-state index is -0.186. The van der Waals surface area contributed by atoms with Crippen LogP contribution < -0.4 is 10.2 Å². The van der Waals surface area contributed by atoms with Gasteiger partial charge in [0, 0.05) is 30.4 Å². The fourth-order valence-electron chi connectivity index (χ4n) is 3.14. The zero-order chi connectivity index (χ0) is 17.9. The molecule has 0 atom stereocenters. The maximum absolute atomic E-state index is 12.4. The van der Waals surface area contributed by atoms with Crippen molar-refractivity contribution in [3.05, 3.63) is 60.0 Å². The highest BCUT2D eigenvalue weighted by Crippen LogP contribution is 2.21. The second-order valence-corrected chi connectivity index (χ2v) is 6.28. The standard InChI is InChI=1S/C19H19N5O2/c25-18-6-2-4-11-23(18)15-9-7-14(8-10-15)19(26)20-13-17-22-21-16-5-1-3-12-24(16)17/h1,3,5,7-10,12H,2,4,6,11,13H2,(H,20,26). The molecule has 1 aliphatic heterocycles. The Morgan fingerprint density at radius 2 is 1.92 bits per heavy atom. The Kier molecular flexibility index (Phi) is 4.35. The molecular weight excluding hydrogens is 330 g/mol. The molecule has 0 unspecified atom stereocenters. The predicted molar refractivity (Wildman–Crippen MR) is 96.8 cm³/mol. The van der Waals surface area contributed by atoms with E-state index in [0.29, 0.717) is 17.8 Å². The van der Waals surface area contributed by atoms with Crippen molar-refractivity contribution in [2.45, 2.75) is 25.8 Å². The van der Waals surface area contributed by atoms with Crippen LogP contribution in [0.2, 0.25) is 0 Å². The summed E-state index contributed by atoms with van der Waals surface area (Å²) in [6.07, 6.45) is 4.42. The van der Waals surface area contributed by atoms with E-state index in [9.17, 15) is 9.59 Å². The number of hydrogen-bond donors (Lipinski definition) is 1. The van der Waals surface area contributed by atoms with Crippen molar-refractivity contribution < 1.29 is 9.59 Å². The highest BCUT2D eigenvalue weighted by molar-refractivity contribution is 5.96. The summed E-state index contributed by atoms with van der Waals surface area (Å²) in [5.74, 6) is 0.630. The molecule has 0 aliphatic carbocycles. The topological polar surface area (TPSA) is 79.6 Å². The maximum atomic E-state index is 12.4. The Balaban J connectivity index is 1.42. The lowest BCUT2D eigenvalue weighted by Gasteiger charge is -2.26. The third kappa shape index (κ3) is 3.15. The van der Waals surface area contributed by atoms with Crippen LogP contribution in [0.4, 0.5) is 5.69 Å². The lowest BCUT2D eigenvalue weighted by molar-refractivity contribution is -0.119. The second kappa shape index (κ2) is 6.95. The zero-order valence-electron chi connectivity index (χ0n) is 14.3. The van der Waals surface area contributed by atoms with Gasteiger partial charge in [0.05, 0.1) is 6.54 Å². The number of aromatic nitrogens is 3. The van der Waals surface area contributed by atoms with Gasteiger partial charge in [-0.25, -0.2) is 0 Å². The third-order valence-corrected chi connectivity index (χ3v) is 4.56. The van der Waals surface area contributed by atoms with Crippen LogP contribution in [-0.2, 0) is 11.3 Å². The van der Waals surface area contributed by atoms with Gasteiger partial charge in [-0.3, -0.25) is 14.0 Å². The summed E-state index contributed by atoms with van der Waals surface area (Å²) < 4.78 is 1.84. The number of carbonyl (C=O) groups is 2. The van der Waals surface area contributed by atoms with Gasteiger partial charge >= 0.3 is 0 Å². The Hall–Kier alpha value is -3.22. The number of hydrogen-bond acceptors (Lipinski definition) is 4. The van der Waals surface area contributed by atoms with Gasteiger partial charge in [0.15, 0.2) is 11.5 Å². The normalized spacial score (nSPS) is 14.6. The molecule has 7 nitrogen and oxygen atoms in total. The van der Waals surface area contributed by atoms with Crippen LogP contribution in [0.15, 0.2) is 48.7 Å². The number of carbonyl (C=O) groups excluding carboxylic acids is 2. The van der Waals surface area contributed by atoms with Crippen molar-refractivity contribution in [2.75, 3.05) is 11.4 Å². The number of anilines is 1. The number of amides is 2. The van der Waals surface area contributed by atoms with Gasteiger partial charge in [-0.1, -0.05) is 6.07 Å². The van der Waals surface area contributed by atoms with E-state index in [-0.39, 0.29) is 18.4 Å². The van der Waals surface area contributed by atoms with Crippen molar-refractivity contribution >= 4 is 23.1 Å². The average Bonchev–Trinajstić information content (AvgIpc) is 3.10. The molecule has 7 heteroatoms. The summed E-state index contributed by atoms with van der Waals surface area (Å²) in [4.78, 5) is 26.1. The van der Waals surface area contributed by atoms with Crippen LogP contribution in [0.1, 0.15) is 35.4 Å². The number of rotatable bonds is 4. The van der Waals surface area contributed by atoms with Gasteiger partial charge in [-0.15, -0.1) is 10.2 Å². The molecule has 0 spiro atoms. The Bertz CT molecular complexity index is 948. The smallest absolute Gasteiger partial charge is 0.251 e. The van der Waals surface area contributed by atoms with Crippen molar-refractivity contribution in [3.8, 4) is 0 Å². The first-order valence-electron chi connectivity index (χ1n) is 8.70. The lowest BCUT2D eigenvalue weighted by atomic mass is 10.1. The first kappa shape index (κ1) is 16.3. The molecule has 0 bridgehead atoms. The van der Waals surface area contributed by atoms with Crippen molar-refractivity contribution in [2.24, 2.45) is 0 Å². The fourth-order valence-corrected chi connectivity index (χ4v) is 3.14. The summed E-state index contributed by atoms with van der Waals surface area (Å²) in [5.41, 5.74) is 2.13. The van der Waals surface area contributed by atoms with Gasteiger partial charge in [0.2, 0.25) is 5.91 Å². The minimum absolute atomic E-state index is 0.145. The number of pyridine rings is 1. The van der Waals surface area contributed by atoms with E-state index in [1.54, 1.807) is 17.0 Å². The van der Waals surface area contributed by atoms with Crippen molar-refractivity contribution in [3.63, 3.8) is 0 Å². The molecule has 3 heterocycles. The van der Waals surface area contributed by atoms with Gasteiger partial charge in [-0.2, -0.15) is 0 Å². The summed E-state index contributed by atoms with van der Waals surface area (Å²) >= 11 is 0. The molecule has 2 aromatic heterocycles. The van der Waals surface area contributed by atoms with Gasteiger partial charge in [0.25, 0.3) is 5.91 Å². The third-order valence-electron chi connectivity index (χ3n) is 4.56. The molecule has 4 rings (SSSR count). The number of piperidine rings is 1. The van der Waals surface area contributed by atoms with Crippen LogP contribution in [0.3, 0.4) is 0 Å². The summed E-state index contributed by atoms with van der Waals surface area (Å²) in [6, 6.07) is 12.8. The monoisotopic (exact) mass is 349 g/mol. The molecule has 132 valence electrons. The molecule has 0 saturated carbocycles. The number of benzene rings is 1. The molecular formula is C19H19N5O2. The van der Waals surface area contributed by atoms with E-state index in [2.05, 4.69) is 15.5 Å². The SMILES string of the molecule is O=C(NCc1nnc2ccccn12)c1ccc(N2CCCCC2=O)cc1. The van der Waals surface area contributed by atoms with Crippen LogP contribution >= 0.6 is 0 Å². The molecule has 1 aliphatic rings. The Morgan fingerprint density at radius 3 is 2.73 bits per heavy atom. The first-order valence-corrected chi connectivity index (χ1v) is 8.70. The molecule has 0 radical (unpaired) electrons. The van der Waals surface area contributed by atoms with E-state index in [4.69, 9.17) is 0 Å². The quantitative estimate of drug-likeness (QED) is 0.783. The number of nitrogens with one attached hydrogen (secondary N) is 1. The summed E-state index contributed by atoms with van der Waals surface area (Å²) in [5, 5.41) is 11.0. The number of fused-ring (bicyclic) bond motifs is 1. The van der Waals surface area contributed by atoms with E-state index < -0.39 is 0 Å². The highest BCUT2D eigenvalue weighted by Gasteiger charge is 2.19. The second-order valence-electron chi connectivity index (χ2n) is 6.28. The molecule has 1 N–H and O–H groups in total. The van der Waals surface area contributed by atoms with E-state index in [1.165, 1.54) is 0 Å². The van der Waals surface area contributed by atoms with Crippen LogP contribution in [0.25, 0.3) is 5.65 Å². The van der Waals surface area contributed by atoms with E-state index >= 15 is 0 Å². The zero-order valence-corrected chi connectivity index (χ0v) is 14.3. The maximum Gasteiger partial charge on any atom is 0.251 e. The van der Waals surface area contributed by atoms with Crippen LogP contribution in [-0.4, -0.2) is 33.0 Å². The summed E-state index contributed by atoms with van der Waals surface area (Å²) in [7, 11) is 0. The van der Waals surface area contributed by atoms with Gasteiger partial charge < -0.3 is 10.2 Å². The first-order chi connectivity index (χ1) is 12.7. The summed E-state index contributed by atoms with van der Waals surface area (Å²) in [6.45, 7) is 1.03. The van der Waals surface area contributed by atoms with Crippen LogP contribution in [0.5, 0.6) is 0 Å². The highest BCUT2D eigenvalue weighted by atomic mass is 16.2. The van der Waals surface area contributed by atoms with Crippen molar-refractivity contribution in [1.29, 1.82) is 0 Å². The molecule has 3 aromatic rings. The minimum Gasteiger partial charge on any atom is -0.345 e. The fraction of sp³-hybridized carbons (Fsp3) is 0.263. The van der Waals surface area contributed by atoms with E-state index in [0.717, 1.165) is 30.7 Å². The van der Waals surface area contributed by atoms with Gasteiger partial charge in [-0.05, 0) is 49.2 Å². The molecule has 26 heavy (non-hydrogen) atoms. The molecule has 2 amide bonds. The van der Waals surface area contributed by atoms with Gasteiger partial charge in [0.1, 0.15) is 0 Å². The lowest BCUT2D eigenvalue weighted by Crippen LogP contribution is -2.35. The molecule has 1 fully saturated rings. The Labute approximate surface area is 150 Å². The predicted octanol–water partition coefficient (Wildman–Crippen LogP) is 2.18. The largest absolute Gasteiger partial charge is 0.345 e. The van der Waals surface area contributed by atoms with E-state index in [1.807, 2.05) is 40.9 Å². The Morgan fingerprint density at radius 1 is 1.08 bits per heavy atom. The van der Waals surface area contributed by atoms with Crippen LogP contribution in [0, 0.1) is 0 Å². The average molecular weight is 349 g/mol. The molecule has 1 saturated heterocycles. The number of nitrogens with zero attached hydrogens (tertiary/aromatic N) is 4. The molecule has 1 aromatic carbocycles.